The molecule has 0 fully saturated rings. The summed E-state index contributed by atoms with van der Waals surface area (Å²) in [6.45, 7) is 0. The number of hydrogen-bond acceptors (Lipinski definition) is 0. The van der Waals surface area contributed by atoms with Crippen LogP contribution in [-0.2, 0) is 0 Å². The molecule has 1 atom stereocenters. The van der Waals surface area contributed by atoms with Gasteiger partial charge in [-0.3, -0.25) is 0 Å². The Kier molecular flexibility index (Phi) is 4.13. The highest BCUT2D eigenvalue weighted by molar-refractivity contribution is 9.11. The lowest BCUT2D eigenvalue weighted by Gasteiger charge is -2.04. The van der Waals surface area contributed by atoms with Crippen LogP contribution in [0.25, 0.3) is 0 Å². The van der Waals surface area contributed by atoms with Crippen molar-refractivity contribution in [1.29, 1.82) is 0 Å². The fraction of sp³-hybridized carbons (Fsp3) is 0.778. The summed E-state index contributed by atoms with van der Waals surface area (Å²) >= 11 is 3.26. The Balaban J connectivity index is 2.44. The Morgan fingerprint density at radius 3 is 2.82 bits per heavy atom. The minimum absolute atomic E-state index is 0.692. The molecule has 1 aliphatic rings. The molecule has 0 saturated heterocycles. The first-order valence-electron chi connectivity index (χ1n) is 4.30. The molecule has 0 aromatic heterocycles. The average Bonchev–Trinajstić information content (AvgIpc) is 2.07. The van der Waals surface area contributed by atoms with Crippen LogP contribution in [0.15, 0.2) is 10.6 Å². The van der Waals surface area contributed by atoms with Gasteiger partial charge in [0.2, 0.25) is 0 Å². The van der Waals surface area contributed by atoms with Crippen molar-refractivity contribution < 1.29 is 4.39 Å². The molecule has 0 nitrogen and oxygen atoms in total. The molecule has 0 unspecified atom stereocenters. The molecule has 1 rings (SSSR count). The minimum atomic E-state index is -0.743. The molecule has 0 spiro atoms. The van der Waals surface area contributed by atoms with Gasteiger partial charge in [0.15, 0.2) is 0 Å². The standard InChI is InChI=1S/C9H14BrF/c10-8-6-4-2-1-3-5-7-9(8)11/h6,9H,1-5,7H2/b8-6+/t9-/m1/s1. The van der Waals surface area contributed by atoms with E-state index in [9.17, 15) is 4.39 Å². The van der Waals surface area contributed by atoms with Gasteiger partial charge in [-0.2, -0.15) is 0 Å². The second-order valence-electron chi connectivity index (χ2n) is 3.05. The fourth-order valence-corrected chi connectivity index (χ4v) is 1.78. The van der Waals surface area contributed by atoms with Crippen molar-refractivity contribution in [3.05, 3.63) is 10.6 Å². The zero-order chi connectivity index (χ0) is 8.10. The number of alkyl halides is 1. The van der Waals surface area contributed by atoms with E-state index < -0.39 is 6.17 Å². The number of allylic oxidation sites excluding steroid dienone is 2. The second-order valence-corrected chi connectivity index (χ2v) is 3.96. The third kappa shape index (κ3) is 3.37. The molecule has 0 aromatic rings. The van der Waals surface area contributed by atoms with Crippen molar-refractivity contribution in [3.8, 4) is 0 Å². The van der Waals surface area contributed by atoms with E-state index in [1.807, 2.05) is 6.08 Å². The molecule has 0 amide bonds. The predicted octanol–water partition coefficient (Wildman–Crippen LogP) is 3.96. The van der Waals surface area contributed by atoms with Crippen LogP contribution in [0.2, 0.25) is 0 Å². The Bertz CT molecular complexity index is 142. The van der Waals surface area contributed by atoms with Crippen LogP contribution in [0.5, 0.6) is 0 Å². The summed E-state index contributed by atoms with van der Waals surface area (Å²) in [7, 11) is 0. The first kappa shape index (κ1) is 9.24. The smallest absolute Gasteiger partial charge is 0.131 e. The summed E-state index contributed by atoms with van der Waals surface area (Å²) in [5.41, 5.74) is 0. The number of hydrogen-bond donors (Lipinski definition) is 0. The van der Waals surface area contributed by atoms with Crippen LogP contribution in [0.4, 0.5) is 4.39 Å². The van der Waals surface area contributed by atoms with Crippen molar-refractivity contribution in [1.82, 2.24) is 0 Å². The topological polar surface area (TPSA) is 0 Å². The molecule has 1 aliphatic carbocycles. The lowest BCUT2D eigenvalue weighted by atomic mass is 10.1. The van der Waals surface area contributed by atoms with Crippen LogP contribution in [0.3, 0.4) is 0 Å². The maximum Gasteiger partial charge on any atom is 0.131 e. The normalized spacial score (nSPS) is 32.9. The van der Waals surface area contributed by atoms with Crippen LogP contribution in [-0.4, -0.2) is 6.17 Å². The summed E-state index contributed by atoms with van der Waals surface area (Å²) < 4.78 is 13.8. The van der Waals surface area contributed by atoms with Gasteiger partial charge in [0.05, 0.1) is 0 Å². The quantitative estimate of drug-likeness (QED) is 0.580. The minimum Gasteiger partial charge on any atom is -0.242 e. The van der Waals surface area contributed by atoms with Crippen LogP contribution >= 0.6 is 15.9 Å². The second kappa shape index (κ2) is 4.91. The molecular formula is C9H14BrF. The third-order valence-electron chi connectivity index (χ3n) is 2.05. The van der Waals surface area contributed by atoms with Crippen molar-refractivity contribution in [3.63, 3.8) is 0 Å². The highest BCUT2D eigenvalue weighted by Gasteiger charge is 2.10. The van der Waals surface area contributed by atoms with Crippen molar-refractivity contribution in [2.24, 2.45) is 0 Å². The highest BCUT2D eigenvalue weighted by atomic mass is 79.9. The summed E-state index contributed by atoms with van der Waals surface area (Å²) in [5.74, 6) is 0. The van der Waals surface area contributed by atoms with E-state index in [-0.39, 0.29) is 0 Å². The van der Waals surface area contributed by atoms with Crippen molar-refractivity contribution in [2.45, 2.75) is 44.7 Å². The van der Waals surface area contributed by atoms with Gasteiger partial charge in [0, 0.05) is 4.48 Å². The molecule has 0 aliphatic heterocycles. The zero-order valence-corrected chi connectivity index (χ0v) is 8.24. The van der Waals surface area contributed by atoms with Crippen LogP contribution in [0.1, 0.15) is 38.5 Å². The average molecular weight is 221 g/mol. The van der Waals surface area contributed by atoms with Gasteiger partial charge in [-0.15, -0.1) is 0 Å². The molecule has 2 heteroatoms. The van der Waals surface area contributed by atoms with Gasteiger partial charge < -0.3 is 0 Å². The summed E-state index contributed by atoms with van der Waals surface area (Å²) in [6, 6.07) is 0. The van der Waals surface area contributed by atoms with Gasteiger partial charge in [-0.05, 0) is 19.3 Å². The van der Waals surface area contributed by atoms with E-state index in [2.05, 4.69) is 15.9 Å². The summed E-state index contributed by atoms with van der Waals surface area (Å²) in [4.78, 5) is 0. The number of rotatable bonds is 0. The molecule has 0 aromatic carbocycles. The molecule has 0 saturated carbocycles. The SMILES string of the molecule is F[C@@H]1CCCCCC/C=C\1Br. The monoisotopic (exact) mass is 220 g/mol. The van der Waals surface area contributed by atoms with Crippen LogP contribution < -0.4 is 0 Å². The fourth-order valence-electron chi connectivity index (χ4n) is 1.33. The van der Waals surface area contributed by atoms with Gasteiger partial charge in [0.25, 0.3) is 0 Å². The first-order chi connectivity index (χ1) is 5.30. The molecule has 64 valence electrons. The van der Waals surface area contributed by atoms with E-state index in [1.165, 1.54) is 19.3 Å². The predicted molar refractivity (Wildman–Crippen MR) is 49.6 cm³/mol. The lowest BCUT2D eigenvalue weighted by Crippen LogP contribution is -1.98. The molecule has 0 bridgehead atoms. The molecule has 0 N–H and O–H groups in total. The maximum absolute atomic E-state index is 13.1. The lowest BCUT2D eigenvalue weighted by molar-refractivity contribution is 0.363. The van der Waals surface area contributed by atoms with Crippen molar-refractivity contribution in [2.75, 3.05) is 0 Å². The highest BCUT2D eigenvalue weighted by Crippen LogP contribution is 2.23. The van der Waals surface area contributed by atoms with E-state index >= 15 is 0 Å². The van der Waals surface area contributed by atoms with E-state index in [0.717, 1.165) is 17.3 Å². The van der Waals surface area contributed by atoms with E-state index in [0.29, 0.717) is 6.42 Å². The molecular weight excluding hydrogens is 207 g/mol. The Labute approximate surface area is 76.0 Å². The zero-order valence-electron chi connectivity index (χ0n) is 6.65. The summed E-state index contributed by atoms with van der Waals surface area (Å²) in [5, 5.41) is 0. The van der Waals surface area contributed by atoms with Crippen molar-refractivity contribution >= 4 is 15.9 Å². The molecule has 11 heavy (non-hydrogen) atoms. The van der Waals surface area contributed by atoms with Crippen LogP contribution in [0, 0.1) is 0 Å². The number of halogens is 2. The van der Waals surface area contributed by atoms with Gasteiger partial charge in [0.1, 0.15) is 6.17 Å². The van der Waals surface area contributed by atoms with E-state index in [1.54, 1.807) is 0 Å². The maximum atomic E-state index is 13.1. The Morgan fingerprint density at radius 2 is 2.00 bits per heavy atom. The largest absolute Gasteiger partial charge is 0.242 e. The Morgan fingerprint density at radius 1 is 1.27 bits per heavy atom. The summed E-state index contributed by atoms with van der Waals surface area (Å²) in [6.07, 6.45) is 7.64. The van der Waals surface area contributed by atoms with Gasteiger partial charge in [-0.25, -0.2) is 4.39 Å². The molecule has 0 heterocycles. The third-order valence-corrected chi connectivity index (χ3v) is 2.87. The van der Waals surface area contributed by atoms with Gasteiger partial charge in [-0.1, -0.05) is 41.3 Å². The Hall–Kier alpha value is 0.150. The van der Waals surface area contributed by atoms with E-state index in [4.69, 9.17) is 0 Å². The first-order valence-corrected chi connectivity index (χ1v) is 5.09. The van der Waals surface area contributed by atoms with Gasteiger partial charge >= 0.3 is 0 Å². The molecule has 0 radical (unpaired) electrons.